The van der Waals surface area contributed by atoms with Crippen LogP contribution in [0, 0.1) is 0 Å². The zero-order chi connectivity index (χ0) is 14.2. The van der Waals surface area contributed by atoms with Crippen LogP contribution in [0.25, 0.3) is 16.9 Å². The molecule has 5 nitrogen and oxygen atoms in total. The molecule has 0 atom stereocenters. The van der Waals surface area contributed by atoms with Crippen molar-refractivity contribution in [1.82, 2.24) is 25.0 Å². The fraction of sp³-hybridized carbons (Fsp3) is 0.0833. The number of rotatable bonds is 2. The van der Waals surface area contributed by atoms with Crippen LogP contribution in [0.3, 0.4) is 0 Å². The average molecular weight is 279 g/mol. The molecule has 0 saturated heterocycles. The van der Waals surface area contributed by atoms with Gasteiger partial charge in [-0.3, -0.25) is 9.67 Å². The summed E-state index contributed by atoms with van der Waals surface area (Å²) in [5.74, 6) is 0.439. The van der Waals surface area contributed by atoms with Crippen molar-refractivity contribution in [2.75, 3.05) is 0 Å². The number of nitrogens with one attached hydrogen (secondary N) is 1. The quantitative estimate of drug-likeness (QED) is 0.784. The topological polar surface area (TPSA) is 59.4 Å². The monoisotopic (exact) mass is 279 g/mol. The molecule has 0 aliphatic rings. The lowest BCUT2D eigenvalue weighted by Gasteiger charge is -2.08. The predicted octanol–water partition coefficient (Wildman–Crippen LogP) is 2.68. The highest BCUT2D eigenvalue weighted by atomic mass is 19.4. The molecule has 102 valence electrons. The Kier molecular flexibility index (Phi) is 2.78. The van der Waals surface area contributed by atoms with E-state index in [1.807, 2.05) is 0 Å². The molecule has 0 amide bonds. The maximum atomic E-state index is 12.7. The third kappa shape index (κ3) is 2.15. The van der Waals surface area contributed by atoms with Gasteiger partial charge in [0.05, 0.1) is 5.56 Å². The van der Waals surface area contributed by atoms with Gasteiger partial charge in [0, 0.05) is 11.8 Å². The van der Waals surface area contributed by atoms with Crippen LogP contribution in [0.15, 0.2) is 43.1 Å². The fourth-order valence-corrected chi connectivity index (χ4v) is 1.87. The number of hydrogen-bond acceptors (Lipinski definition) is 3. The molecule has 3 rings (SSSR count). The zero-order valence-electron chi connectivity index (χ0n) is 9.96. The van der Waals surface area contributed by atoms with Crippen molar-refractivity contribution in [1.29, 1.82) is 0 Å². The molecule has 20 heavy (non-hydrogen) atoms. The molecule has 3 aromatic rings. The number of halogens is 3. The third-order valence-corrected chi connectivity index (χ3v) is 2.78. The van der Waals surface area contributed by atoms with Crippen LogP contribution in [0.5, 0.6) is 0 Å². The molecule has 1 aromatic carbocycles. The Balaban J connectivity index is 2.09. The van der Waals surface area contributed by atoms with Crippen molar-refractivity contribution in [3.63, 3.8) is 0 Å². The van der Waals surface area contributed by atoms with Gasteiger partial charge in [0.15, 0.2) is 5.82 Å². The first-order valence-corrected chi connectivity index (χ1v) is 5.62. The summed E-state index contributed by atoms with van der Waals surface area (Å²) in [7, 11) is 0. The van der Waals surface area contributed by atoms with E-state index in [9.17, 15) is 13.2 Å². The van der Waals surface area contributed by atoms with Gasteiger partial charge in [-0.2, -0.15) is 18.3 Å². The van der Waals surface area contributed by atoms with E-state index in [0.29, 0.717) is 16.9 Å². The normalized spacial score (nSPS) is 11.8. The van der Waals surface area contributed by atoms with Gasteiger partial charge < -0.3 is 0 Å². The molecule has 0 radical (unpaired) electrons. The lowest BCUT2D eigenvalue weighted by atomic mass is 10.1. The second-order valence-electron chi connectivity index (χ2n) is 4.07. The van der Waals surface area contributed by atoms with Crippen LogP contribution in [0.2, 0.25) is 0 Å². The summed E-state index contributed by atoms with van der Waals surface area (Å²) in [5, 5.41) is 13.9. The first-order valence-electron chi connectivity index (χ1n) is 5.62. The van der Waals surface area contributed by atoms with Gasteiger partial charge >= 0.3 is 6.18 Å². The first-order chi connectivity index (χ1) is 9.55. The molecule has 1 N–H and O–H groups in total. The number of benzene rings is 1. The number of aromatic nitrogens is 5. The number of hydrogen-bond donors (Lipinski definition) is 1. The summed E-state index contributed by atoms with van der Waals surface area (Å²) in [6.07, 6.45) is 0.00184. The molecular weight excluding hydrogens is 271 g/mol. The highest BCUT2D eigenvalue weighted by Crippen LogP contribution is 2.33. The molecule has 2 heterocycles. The van der Waals surface area contributed by atoms with Crippen LogP contribution in [0.4, 0.5) is 13.2 Å². The Hall–Kier alpha value is -2.64. The zero-order valence-corrected chi connectivity index (χ0v) is 9.96. The molecule has 0 aliphatic carbocycles. The molecular formula is C12H8F3N5. The minimum atomic E-state index is -4.38. The van der Waals surface area contributed by atoms with E-state index in [2.05, 4.69) is 20.4 Å². The molecule has 0 aliphatic heterocycles. The van der Waals surface area contributed by atoms with E-state index in [0.717, 1.165) is 12.1 Å². The second-order valence-corrected chi connectivity index (χ2v) is 4.07. The molecule has 0 bridgehead atoms. The van der Waals surface area contributed by atoms with Crippen molar-refractivity contribution in [3.8, 4) is 16.9 Å². The molecule has 0 fully saturated rings. The van der Waals surface area contributed by atoms with Crippen LogP contribution >= 0.6 is 0 Å². The Morgan fingerprint density at radius 1 is 1.10 bits per heavy atom. The van der Waals surface area contributed by atoms with E-state index in [1.54, 1.807) is 6.07 Å². The Morgan fingerprint density at radius 3 is 2.55 bits per heavy atom. The summed E-state index contributed by atoms with van der Waals surface area (Å²) in [6, 6.07) is 5.07. The average Bonchev–Trinajstić information content (AvgIpc) is 3.08. The fourth-order valence-electron chi connectivity index (χ4n) is 1.87. The second kappa shape index (κ2) is 4.48. The minimum absolute atomic E-state index is 0.414. The van der Waals surface area contributed by atoms with Crippen LogP contribution in [-0.4, -0.2) is 25.0 Å². The summed E-state index contributed by atoms with van der Waals surface area (Å²) < 4.78 is 39.7. The van der Waals surface area contributed by atoms with Crippen molar-refractivity contribution < 1.29 is 13.2 Å². The van der Waals surface area contributed by atoms with Crippen LogP contribution < -0.4 is 0 Å². The van der Waals surface area contributed by atoms with Gasteiger partial charge in [-0.15, -0.1) is 10.2 Å². The Bertz CT molecular complexity index is 715. The maximum absolute atomic E-state index is 12.7. The molecule has 2 aromatic heterocycles. The minimum Gasteiger partial charge on any atom is -0.283 e. The van der Waals surface area contributed by atoms with E-state index in [-0.39, 0.29) is 0 Å². The lowest BCUT2D eigenvalue weighted by molar-refractivity contribution is -0.137. The van der Waals surface area contributed by atoms with E-state index >= 15 is 0 Å². The molecule has 0 spiro atoms. The molecule has 0 saturated carbocycles. The molecule has 8 heteroatoms. The summed E-state index contributed by atoms with van der Waals surface area (Å²) in [4.78, 5) is 0. The van der Waals surface area contributed by atoms with Crippen molar-refractivity contribution in [2.45, 2.75) is 6.18 Å². The van der Waals surface area contributed by atoms with Crippen LogP contribution in [-0.2, 0) is 6.18 Å². The largest absolute Gasteiger partial charge is 0.416 e. The number of alkyl halides is 3. The van der Waals surface area contributed by atoms with E-state index < -0.39 is 11.7 Å². The highest BCUT2D eigenvalue weighted by molar-refractivity contribution is 5.70. The predicted molar refractivity (Wildman–Crippen MR) is 63.9 cm³/mol. The summed E-state index contributed by atoms with van der Waals surface area (Å²) in [5.41, 5.74) is 0.249. The first kappa shape index (κ1) is 12.4. The van der Waals surface area contributed by atoms with Crippen molar-refractivity contribution in [2.24, 2.45) is 0 Å². The van der Waals surface area contributed by atoms with Crippen molar-refractivity contribution >= 4 is 0 Å². The summed E-state index contributed by atoms with van der Waals surface area (Å²) >= 11 is 0. The van der Waals surface area contributed by atoms with Crippen LogP contribution in [0.1, 0.15) is 5.56 Å². The Labute approximate surface area is 111 Å². The number of nitrogens with zero attached hydrogens (tertiary/aromatic N) is 4. The smallest absolute Gasteiger partial charge is 0.283 e. The molecule has 0 unspecified atom stereocenters. The van der Waals surface area contributed by atoms with Gasteiger partial charge in [0.2, 0.25) is 0 Å². The summed E-state index contributed by atoms with van der Waals surface area (Å²) in [6.45, 7) is 0. The van der Waals surface area contributed by atoms with Crippen molar-refractivity contribution in [3.05, 3.63) is 48.7 Å². The SMILES string of the molecule is FC(F)(F)c1cccc(-c2c[nH]nc2-n2cnnc2)c1. The Morgan fingerprint density at radius 2 is 1.85 bits per heavy atom. The standard InChI is InChI=1S/C12H8F3N5/c13-12(14,15)9-3-1-2-8(4-9)10-5-16-19-11(10)20-6-17-18-7-20/h1-7H,(H,16,19). The van der Waals surface area contributed by atoms with E-state index in [4.69, 9.17) is 0 Å². The highest BCUT2D eigenvalue weighted by Gasteiger charge is 2.30. The van der Waals surface area contributed by atoms with Gasteiger partial charge in [0.25, 0.3) is 0 Å². The lowest BCUT2D eigenvalue weighted by Crippen LogP contribution is -2.04. The van der Waals surface area contributed by atoms with Gasteiger partial charge in [-0.25, -0.2) is 0 Å². The van der Waals surface area contributed by atoms with Gasteiger partial charge in [0.1, 0.15) is 12.7 Å². The van der Waals surface area contributed by atoms with Gasteiger partial charge in [-0.1, -0.05) is 12.1 Å². The third-order valence-electron chi connectivity index (χ3n) is 2.78. The number of aromatic amines is 1. The number of H-pyrrole nitrogens is 1. The van der Waals surface area contributed by atoms with E-state index in [1.165, 1.54) is 29.5 Å². The van der Waals surface area contributed by atoms with Gasteiger partial charge in [-0.05, 0) is 17.7 Å². The maximum Gasteiger partial charge on any atom is 0.416 e.